The first kappa shape index (κ1) is 18.7. The van der Waals surface area contributed by atoms with Gasteiger partial charge in [-0.15, -0.1) is 10.2 Å². The van der Waals surface area contributed by atoms with Crippen molar-refractivity contribution in [2.75, 3.05) is 11.5 Å². The van der Waals surface area contributed by atoms with E-state index in [9.17, 15) is 0 Å². The molecule has 0 radical (unpaired) electrons. The van der Waals surface area contributed by atoms with E-state index in [1.54, 1.807) is 20.8 Å². The van der Waals surface area contributed by atoms with Crippen LogP contribution in [0.5, 0.6) is 0 Å². The number of nitrogens with zero attached hydrogens (tertiary/aromatic N) is 7. The number of H-pyrrole nitrogens is 1. The lowest BCUT2D eigenvalue weighted by Gasteiger charge is -2.14. The molecule has 0 fully saturated rings. The quantitative estimate of drug-likeness (QED) is 0.503. The molecule has 0 atom stereocenters. The van der Waals surface area contributed by atoms with E-state index in [0.717, 1.165) is 0 Å². The summed E-state index contributed by atoms with van der Waals surface area (Å²) in [5, 5.41) is 31.7. The zero-order valence-corrected chi connectivity index (χ0v) is 13.2. The molecule has 0 amide bonds. The highest BCUT2D eigenvalue weighted by Gasteiger charge is 2.15. The Labute approximate surface area is 123 Å². The number of hydrogen-bond donors (Lipinski definition) is 4. The Kier molecular flexibility index (Phi) is 6.66. The molecule has 0 aliphatic carbocycles. The van der Waals surface area contributed by atoms with E-state index in [1.165, 1.54) is 4.80 Å². The third kappa shape index (κ3) is 11.2. The predicted molar refractivity (Wildman–Crippen MR) is 77.8 cm³/mol. The van der Waals surface area contributed by atoms with Crippen molar-refractivity contribution in [3.05, 3.63) is 0 Å². The third-order valence-corrected chi connectivity index (χ3v) is 1.39. The van der Waals surface area contributed by atoms with Crippen LogP contribution in [0, 0.1) is 0 Å². The van der Waals surface area contributed by atoms with Crippen molar-refractivity contribution in [1.29, 1.82) is 0 Å². The van der Waals surface area contributed by atoms with Crippen molar-refractivity contribution in [2.45, 2.75) is 52.7 Å². The average molecular weight is 300 g/mol. The van der Waals surface area contributed by atoms with Crippen molar-refractivity contribution < 1.29 is 5.11 Å². The molecule has 0 aromatic carbocycles. The predicted octanol–water partition coefficient (Wildman–Crippen LogP) is -0.431. The van der Waals surface area contributed by atoms with Gasteiger partial charge in [-0.2, -0.15) is 10.0 Å². The molecule has 2 rings (SSSR count). The van der Waals surface area contributed by atoms with Crippen LogP contribution in [0.3, 0.4) is 0 Å². The minimum atomic E-state index is -0.500. The number of rotatable bonds is 0. The molecule has 0 unspecified atom stereocenters. The Morgan fingerprint density at radius 2 is 1.52 bits per heavy atom. The van der Waals surface area contributed by atoms with Gasteiger partial charge in [0.25, 0.3) is 11.9 Å². The first-order valence-corrected chi connectivity index (χ1v) is 6.17. The van der Waals surface area contributed by atoms with Gasteiger partial charge in [-0.1, -0.05) is 10.2 Å². The molecule has 120 valence electrons. The normalized spacial score (nSPS) is 11.0. The van der Waals surface area contributed by atoms with E-state index >= 15 is 0 Å². The van der Waals surface area contributed by atoms with Crippen LogP contribution in [0.2, 0.25) is 0 Å². The van der Waals surface area contributed by atoms with E-state index in [-0.39, 0.29) is 17.4 Å². The number of hydrogen-bond acceptors (Lipinski definition) is 9. The first-order chi connectivity index (χ1) is 9.39. The van der Waals surface area contributed by atoms with Crippen molar-refractivity contribution >= 4 is 11.9 Å². The molecule has 0 bridgehead atoms. The second-order valence-electron chi connectivity index (χ2n) is 6.05. The summed E-state index contributed by atoms with van der Waals surface area (Å²) in [6, 6.07) is 0. The van der Waals surface area contributed by atoms with Crippen molar-refractivity contribution in [3.63, 3.8) is 0 Å². The van der Waals surface area contributed by atoms with Crippen LogP contribution in [0.15, 0.2) is 0 Å². The summed E-state index contributed by atoms with van der Waals surface area (Å²) in [4.78, 5) is 1.49. The fraction of sp³-hybridized carbons (Fsp3) is 0.800. The molecule has 11 nitrogen and oxygen atoms in total. The average Bonchev–Trinajstić information content (AvgIpc) is 2.86. The van der Waals surface area contributed by atoms with Gasteiger partial charge in [-0.25, -0.2) is 0 Å². The van der Waals surface area contributed by atoms with Crippen LogP contribution in [0.1, 0.15) is 41.5 Å². The standard InChI is InChI=1S/C5H11N5.C4H10O.CH3N5/c1-5(2,3)10-8-4(6)7-9-10;1-4(2,3)5;2-1-3-5-6-4-1/h1-3H3,(H2,6,8);5H,1-3H3;(H3,2,3,4,5,6). The highest BCUT2D eigenvalue weighted by Crippen LogP contribution is 2.08. The van der Waals surface area contributed by atoms with Gasteiger partial charge in [0.15, 0.2) is 0 Å². The minimum Gasteiger partial charge on any atom is -0.391 e. The summed E-state index contributed by atoms with van der Waals surface area (Å²) in [5.41, 5.74) is 9.60. The van der Waals surface area contributed by atoms with E-state index in [2.05, 4.69) is 36.0 Å². The number of nitrogens with two attached hydrogens (primary N) is 2. The van der Waals surface area contributed by atoms with Gasteiger partial charge in [-0.05, 0) is 52.0 Å². The third-order valence-electron chi connectivity index (χ3n) is 1.39. The topological polar surface area (TPSA) is 170 Å². The van der Waals surface area contributed by atoms with E-state index in [1.807, 2.05) is 20.8 Å². The number of nitrogens with one attached hydrogen (secondary N) is 1. The maximum Gasteiger partial charge on any atom is 0.260 e. The van der Waals surface area contributed by atoms with Gasteiger partial charge < -0.3 is 16.6 Å². The van der Waals surface area contributed by atoms with Gasteiger partial charge >= 0.3 is 0 Å². The Balaban J connectivity index is 0.000000312. The van der Waals surface area contributed by atoms with Gasteiger partial charge in [0.05, 0.1) is 11.1 Å². The largest absolute Gasteiger partial charge is 0.391 e. The lowest BCUT2D eigenvalue weighted by molar-refractivity contribution is 0.102. The SMILES string of the molecule is CC(C)(C)O.CC(C)(C)n1nnc(N)n1.Nc1nn[nH]n1. The Morgan fingerprint density at radius 3 is 1.67 bits per heavy atom. The molecule has 0 saturated heterocycles. The van der Waals surface area contributed by atoms with Crippen molar-refractivity contribution in [1.82, 2.24) is 40.8 Å². The summed E-state index contributed by atoms with van der Waals surface area (Å²) >= 11 is 0. The maximum atomic E-state index is 8.52. The second-order valence-corrected chi connectivity index (χ2v) is 6.05. The van der Waals surface area contributed by atoms with Crippen LogP contribution in [-0.4, -0.2) is 51.5 Å². The molecule has 2 aromatic rings. The van der Waals surface area contributed by atoms with Crippen LogP contribution >= 0.6 is 0 Å². The Morgan fingerprint density at radius 1 is 1.00 bits per heavy atom. The molecule has 2 aromatic heterocycles. The first-order valence-electron chi connectivity index (χ1n) is 6.17. The molecule has 21 heavy (non-hydrogen) atoms. The summed E-state index contributed by atoms with van der Waals surface area (Å²) in [5.74, 6) is 0.393. The van der Waals surface area contributed by atoms with Gasteiger partial charge in [0, 0.05) is 0 Å². The second kappa shape index (κ2) is 7.47. The smallest absolute Gasteiger partial charge is 0.260 e. The zero-order valence-electron chi connectivity index (χ0n) is 13.2. The Bertz CT molecular complexity index is 487. The molecule has 0 aliphatic rings. The summed E-state index contributed by atoms with van der Waals surface area (Å²) in [7, 11) is 0. The molecular formula is C10H24N10O. The summed E-state index contributed by atoms with van der Waals surface area (Å²) < 4.78 is 0. The van der Waals surface area contributed by atoms with Gasteiger partial charge in [-0.3, -0.25) is 0 Å². The Hall–Kier alpha value is -2.30. The molecule has 0 spiro atoms. The monoisotopic (exact) mass is 300 g/mol. The van der Waals surface area contributed by atoms with Crippen LogP contribution < -0.4 is 11.5 Å². The molecule has 2 heterocycles. The lowest BCUT2D eigenvalue weighted by Crippen LogP contribution is -2.24. The van der Waals surface area contributed by atoms with Crippen LogP contribution in [0.25, 0.3) is 0 Å². The van der Waals surface area contributed by atoms with E-state index < -0.39 is 5.60 Å². The maximum absolute atomic E-state index is 8.52. The molecule has 0 aliphatic heterocycles. The molecule has 11 heteroatoms. The number of anilines is 2. The highest BCUT2D eigenvalue weighted by atomic mass is 16.3. The van der Waals surface area contributed by atoms with Crippen LogP contribution in [0.4, 0.5) is 11.9 Å². The number of aromatic nitrogens is 8. The molecular weight excluding hydrogens is 276 g/mol. The van der Waals surface area contributed by atoms with Gasteiger partial charge in [0.2, 0.25) is 0 Å². The minimum absolute atomic E-state index is 0.134. The molecule has 6 N–H and O–H groups in total. The highest BCUT2D eigenvalue weighted by molar-refractivity contribution is 5.06. The number of nitrogen functional groups attached to an aromatic ring is 2. The van der Waals surface area contributed by atoms with Crippen LogP contribution in [-0.2, 0) is 5.54 Å². The summed E-state index contributed by atoms with van der Waals surface area (Å²) in [6.07, 6.45) is 0. The van der Waals surface area contributed by atoms with Gasteiger partial charge in [0.1, 0.15) is 0 Å². The van der Waals surface area contributed by atoms with Crippen molar-refractivity contribution in [3.8, 4) is 0 Å². The van der Waals surface area contributed by atoms with E-state index in [0.29, 0.717) is 0 Å². The fourth-order valence-corrected chi connectivity index (χ4v) is 0.679. The zero-order chi connectivity index (χ0) is 16.7. The van der Waals surface area contributed by atoms with Crippen molar-refractivity contribution in [2.24, 2.45) is 0 Å². The fourth-order valence-electron chi connectivity index (χ4n) is 0.679. The summed E-state index contributed by atoms with van der Waals surface area (Å²) in [6.45, 7) is 11.2. The number of tetrazole rings is 2. The number of aromatic amines is 1. The number of aliphatic hydroxyl groups is 1. The van der Waals surface area contributed by atoms with E-state index in [4.69, 9.17) is 16.6 Å². The lowest BCUT2D eigenvalue weighted by atomic mass is 10.1. The molecule has 0 saturated carbocycles.